The molecule has 1 saturated carbocycles. The van der Waals surface area contributed by atoms with Gasteiger partial charge in [0.15, 0.2) is 6.10 Å². The van der Waals surface area contributed by atoms with Gasteiger partial charge in [0.2, 0.25) is 0 Å². The van der Waals surface area contributed by atoms with E-state index < -0.39 is 90.3 Å². The predicted molar refractivity (Wildman–Crippen MR) is 254 cm³/mol. The molecule has 0 aromatic carbocycles. The molecule has 18 heteroatoms. The van der Waals surface area contributed by atoms with Gasteiger partial charge in [-0.25, -0.2) is 9.13 Å². The number of unbranched alkanes of at least 4 members (excludes halogenated alkanes) is 3. The maximum atomic E-state index is 12.8. The van der Waals surface area contributed by atoms with Gasteiger partial charge >= 0.3 is 27.6 Å². The molecular weight excluding hydrogens is 894 g/mol. The van der Waals surface area contributed by atoms with Crippen molar-refractivity contribution in [1.29, 1.82) is 0 Å². The Bertz CT molecular complexity index is 1690. The van der Waals surface area contributed by atoms with Crippen LogP contribution in [0, 0.1) is 11.8 Å². The van der Waals surface area contributed by atoms with Crippen LogP contribution in [0.25, 0.3) is 0 Å². The number of allylic oxidation sites excluding steroid dienone is 14. The molecule has 1 fully saturated rings. The van der Waals surface area contributed by atoms with Crippen molar-refractivity contribution in [1.82, 2.24) is 0 Å². The highest BCUT2D eigenvalue weighted by atomic mass is 31.2. The maximum absolute atomic E-state index is 12.8. The van der Waals surface area contributed by atoms with Crippen LogP contribution in [0.2, 0.25) is 0 Å². The van der Waals surface area contributed by atoms with Crippen molar-refractivity contribution in [2.24, 2.45) is 11.8 Å². The lowest BCUT2D eigenvalue weighted by molar-refractivity contribution is -0.161. The molecule has 1 aliphatic carbocycles. The molecule has 66 heavy (non-hydrogen) atoms. The van der Waals surface area contributed by atoms with E-state index in [1.54, 1.807) is 12.2 Å². The average molecular weight is 971 g/mol. The van der Waals surface area contributed by atoms with Gasteiger partial charge in [0.05, 0.1) is 32.0 Å². The highest BCUT2D eigenvalue weighted by molar-refractivity contribution is 7.47. The number of phosphoric ester groups is 2. The van der Waals surface area contributed by atoms with E-state index in [1.165, 1.54) is 0 Å². The molecule has 0 amide bonds. The molecule has 0 aromatic rings. The van der Waals surface area contributed by atoms with Crippen molar-refractivity contribution in [3.63, 3.8) is 0 Å². The maximum Gasteiger partial charge on any atom is 0.472 e. The van der Waals surface area contributed by atoms with Crippen molar-refractivity contribution in [3.8, 4) is 0 Å². The van der Waals surface area contributed by atoms with E-state index in [1.807, 2.05) is 30.4 Å². The van der Waals surface area contributed by atoms with Crippen LogP contribution in [0.1, 0.15) is 123 Å². The van der Waals surface area contributed by atoms with Gasteiger partial charge in [-0.05, 0) is 70.6 Å². The zero-order valence-corrected chi connectivity index (χ0v) is 40.5. The summed E-state index contributed by atoms with van der Waals surface area (Å²) in [4.78, 5) is 65.5. The van der Waals surface area contributed by atoms with Crippen LogP contribution in [0.4, 0.5) is 0 Å². The first-order chi connectivity index (χ1) is 31.6. The molecule has 0 bridgehead atoms. The molecular formula is C48H76O16P2. The van der Waals surface area contributed by atoms with Crippen LogP contribution in [-0.2, 0) is 46.6 Å². The van der Waals surface area contributed by atoms with E-state index in [0.717, 1.165) is 51.4 Å². The quantitative estimate of drug-likeness (QED) is 0.0146. The minimum Gasteiger partial charge on any atom is -0.462 e. The zero-order valence-electron chi connectivity index (χ0n) is 38.7. The summed E-state index contributed by atoms with van der Waals surface area (Å²) in [6, 6.07) is 0. The zero-order chi connectivity index (χ0) is 48.9. The summed E-state index contributed by atoms with van der Waals surface area (Å²) >= 11 is 0. The molecule has 374 valence electrons. The number of ketones is 1. The number of hydrogen-bond acceptors (Lipinski definition) is 13. The second kappa shape index (κ2) is 37.6. The van der Waals surface area contributed by atoms with Crippen molar-refractivity contribution < 1.29 is 76.6 Å². The molecule has 6 N–H and O–H groups in total. The van der Waals surface area contributed by atoms with Crippen LogP contribution in [0.3, 0.4) is 0 Å². The molecule has 0 aliphatic heterocycles. The number of rotatable bonds is 38. The van der Waals surface area contributed by atoms with Crippen LogP contribution in [0.5, 0.6) is 0 Å². The third-order valence-corrected chi connectivity index (χ3v) is 11.3. The number of carbonyl (C=O) groups excluding carboxylic acids is 3. The third kappa shape index (κ3) is 34.0. The molecule has 0 saturated heterocycles. The van der Waals surface area contributed by atoms with Gasteiger partial charge in [0.25, 0.3) is 0 Å². The van der Waals surface area contributed by atoms with Crippen LogP contribution in [0.15, 0.2) is 97.2 Å². The summed E-state index contributed by atoms with van der Waals surface area (Å²) < 4.78 is 47.7. The minimum absolute atomic E-state index is 0.00957. The predicted octanol–water partition coefficient (Wildman–Crippen LogP) is 8.70. The Hall–Kier alpha value is -3.37. The molecule has 1 aliphatic rings. The minimum atomic E-state index is -4.91. The summed E-state index contributed by atoms with van der Waals surface area (Å²) in [5.74, 6) is -2.24. The Morgan fingerprint density at radius 2 is 1.24 bits per heavy atom. The topological polar surface area (TPSA) is 253 Å². The van der Waals surface area contributed by atoms with Crippen molar-refractivity contribution in [2.75, 3.05) is 26.4 Å². The first-order valence-electron chi connectivity index (χ1n) is 23.0. The van der Waals surface area contributed by atoms with Gasteiger partial charge in [-0.3, -0.25) is 28.0 Å². The second-order valence-electron chi connectivity index (χ2n) is 15.7. The van der Waals surface area contributed by atoms with Crippen LogP contribution in [-0.4, -0.2) is 98.6 Å². The molecule has 7 atom stereocenters. The first kappa shape index (κ1) is 60.6. The summed E-state index contributed by atoms with van der Waals surface area (Å²) in [5.41, 5.74) is 0. The Kier molecular flexibility index (Phi) is 34.5. The Morgan fingerprint density at radius 3 is 1.83 bits per heavy atom. The summed E-state index contributed by atoms with van der Waals surface area (Å²) in [6.07, 6.45) is 37.8. The number of aliphatic hydroxyl groups is 3. The van der Waals surface area contributed by atoms with E-state index in [9.17, 15) is 43.7 Å². The number of carbonyl (C=O) groups is 3. The fraction of sp³-hybridized carbons (Fsp3) is 0.604. The molecule has 0 radical (unpaired) electrons. The number of phosphoric acid groups is 2. The van der Waals surface area contributed by atoms with Gasteiger partial charge in [-0.2, -0.15) is 0 Å². The lowest BCUT2D eigenvalue weighted by Gasteiger charge is -2.20. The molecule has 16 nitrogen and oxygen atoms in total. The van der Waals surface area contributed by atoms with Crippen molar-refractivity contribution >= 4 is 33.4 Å². The van der Waals surface area contributed by atoms with Crippen molar-refractivity contribution in [3.05, 3.63) is 97.2 Å². The van der Waals surface area contributed by atoms with Gasteiger partial charge in [0.1, 0.15) is 18.5 Å². The smallest absolute Gasteiger partial charge is 0.462 e. The Balaban J connectivity index is 2.61. The Labute approximate surface area is 391 Å². The number of aliphatic hydroxyl groups excluding tert-OH is 3. The number of esters is 2. The fourth-order valence-electron chi connectivity index (χ4n) is 6.29. The standard InChI is InChI=1S/C48H76O16P2/c1-3-5-7-8-9-10-11-12-13-14-15-16-17-18-19-20-21-22-27-31-47(53)60-38-42(39-63-66(58,59)62-37-41(50)36-61-65(55,56)57)64-48(54)32-28-24-23-26-30-43-44(46(52)35-45(43)51)34-33-40(49)29-25-6-4-2/h5,7,9-10,12-13,15-16,18-19,21-23,26,33-34,40-44,46,49-50,52H,3-4,6,8,11,14,17,20,24-25,27-32,35-39H2,1-2H3,(H,58,59)(H2,55,56,57)/b7-5-,10-9-,13-12-,16-15-,19-18-,22-21-,26-23-,34-33+/t40-,41-,42+,43+,44+,46+/m0/s1. The monoisotopic (exact) mass is 970 g/mol. The molecule has 1 unspecified atom stereocenters. The first-order valence-corrected chi connectivity index (χ1v) is 26.1. The van der Waals surface area contributed by atoms with Gasteiger partial charge in [-0.1, -0.05) is 130 Å². The summed E-state index contributed by atoms with van der Waals surface area (Å²) in [7, 11) is -9.82. The van der Waals surface area contributed by atoms with E-state index in [2.05, 4.69) is 77.6 Å². The lowest BCUT2D eigenvalue weighted by atomic mass is 9.90. The fourth-order valence-corrected chi connectivity index (χ4v) is 7.45. The SMILES string of the molecule is CC/C=C\C/C=C\C/C=C\C/C=C\C/C=C\C/C=C\CCC(=O)OC[C@H](COP(=O)(O)OC[C@@H](O)COP(=O)(O)O)OC(=O)CCC/C=C\C[C@H]1C(=O)C[C@@H](O)[C@@H]1/C=C/[C@@H](O)CCCCC. The third-order valence-electron chi connectivity index (χ3n) is 9.83. The largest absolute Gasteiger partial charge is 0.472 e. The van der Waals surface area contributed by atoms with Gasteiger partial charge < -0.3 is 39.5 Å². The number of Topliss-reactive ketones (excluding diaryl/α,β-unsaturated/α-hetero) is 1. The average Bonchev–Trinajstić information content (AvgIpc) is 3.54. The van der Waals surface area contributed by atoms with Crippen LogP contribution < -0.4 is 0 Å². The Morgan fingerprint density at radius 1 is 0.682 bits per heavy atom. The van der Waals surface area contributed by atoms with E-state index in [0.29, 0.717) is 38.5 Å². The normalized spacial score (nSPS) is 19.8. The number of ether oxygens (including phenoxy) is 2. The molecule has 1 rings (SSSR count). The van der Waals surface area contributed by atoms with Crippen molar-refractivity contribution in [2.45, 2.75) is 147 Å². The van der Waals surface area contributed by atoms with Gasteiger partial charge in [0, 0.05) is 31.1 Å². The molecule has 0 spiro atoms. The number of hydrogen-bond donors (Lipinski definition) is 6. The second-order valence-corrected chi connectivity index (χ2v) is 18.4. The molecule has 0 aromatic heterocycles. The van der Waals surface area contributed by atoms with Gasteiger partial charge in [-0.15, -0.1) is 0 Å². The lowest BCUT2D eigenvalue weighted by Crippen LogP contribution is -2.29. The van der Waals surface area contributed by atoms with Crippen LogP contribution >= 0.6 is 15.6 Å². The van der Waals surface area contributed by atoms with E-state index in [4.69, 9.17) is 23.8 Å². The summed E-state index contributed by atoms with van der Waals surface area (Å²) in [5, 5.41) is 30.5. The van der Waals surface area contributed by atoms with E-state index >= 15 is 0 Å². The highest BCUT2D eigenvalue weighted by Gasteiger charge is 2.39. The highest BCUT2D eigenvalue weighted by Crippen LogP contribution is 2.44. The van der Waals surface area contributed by atoms with E-state index in [-0.39, 0.29) is 25.0 Å². The molecule has 0 heterocycles. The summed E-state index contributed by atoms with van der Waals surface area (Å²) in [6.45, 7) is 1.13.